The standard InChI is InChI=1S/C16H33NS/c1-16(2)10-13-17(14-11-16)12-8-6-4-3-5-7-9-15-18/h18H,3-15H2,1-2H3. The molecule has 0 aromatic carbocycles. The molecule has 1 nitrogen and oxygen atoms in total. The Morgan fingerprint density at radius 1 is 0.833 bits per heavy atom. The van der Waals surface area contributed by atoms with Crippen LogP contribution in [0.1, 0.15) is 71.6 Å². The van der Waals surface area contributed by atoms with Gasteiger partial charge in [-0.2, -0.15) is 12.6 Å². The molecule has 0 unspecified atom stereocenters. The lowest BCUT2D eigenvalue weighted by Crippen LogP contribution is -2.37. The Bertz CT molecular complexity index is 193. The topological polar surface area (TPSA) is 3.24 Å². The van der Waals surface area contributed by atoms with Crippen LogP contribution in [0, 0.1) is 5.41 Å². The predicted octanol–water partition coefficient (Wildman–Crippen LogP) is 4.77. The number of piperidine rings is 1. The van der Waals surface area contributed by atoms with Crippen molar-refractivity contribution in [2.45, 2.75) is 71.6 Å². The molecule has 0 aromatic rings. The summed E-state index contributed by atoms with van der Waals surface area (Å²) in [4.78, 5) is 2.67. The molecule has 1 aliphatic rings. The summed E-state index contributed by atoms with van der Waals surface area (Å²) >= 11 is 4.24. The zero-order valence-corrected chi connectivity index (χ0v) is 13.5. The van der Waals surface area contributed by atoms with E-state index in [1.807, 2.05) is 0 Å². The molecule has 1 fully saturated rings. The van der Waals surface area contributed by atoms with E-state index in [1.54, 1.807) is 0 Å². The lowest BCUT2D eigenvalue weighted by atomic mass is 9.82. The summed E-state index contributed by atoms with van der Waals surface area (Å²) in [5.41, 5.74) is 0.601. The first-order chi connectivity index (χ1) is 8.64. The molecule has 0 amide bonds. The second kappa shape index (κ2) is 9.25. The zero-order valence-electron chi connectivity index (χ0n) is 12.6. The van der Waals surface area contributed by atoms with E-state index in [1.165, 1.54) is 77.4 Å². The van der Waals surface area contributed by atoms with Crippen LogP contribution < -0.4 is 0 Å². The summed E-state index contributed by atoms with van der Waals surface area (Å²) in [5, 5.41) is 0. The van der Waals surface area contributed by atoms with Crippen molar-refractivity contribution in [1.29, 1.82) is 0 Å². The van der Waals surface area contributed by atoms with Crippen LogP contribution >= 0.6 is 12.6 Å². The maximum Gasteiger partial charge on any atom is -0.00136 e. The fourth-order valence-electron chi connectivity index (χ4n) is 2.71. The van der Waals surface area contributed by atoms with Crippen molar-refractivity contribution < 1.29 is 0 Å². The minimum absolute atomic E-state index is 0.601. The van der Waals surface area contributed by atoms with E-state index >= 15 is 0 Å². The van der Waals surface area contributed by atoms with E-state index in [0.29, 0.717) is 5.41 Å². The van der Waals surface area contributed by atoms with Gasteiger partial charge in [0.15, 0.2) is 0 Å². The van der Waals surface area contributed by atoms with Crippen LogP contribution in [-0.2, 0) is 0 Å². The van der Waals surface area contributed by atoms with Crippen LogP contribution in [0.5, 0.6) is 0 Å². The number of hydrogen-bond donors (Lipinski definition) is 1. The van der Waals surface area contributed by atoms with E-state index in [9.17, 15) is 0 Å². The van der Waals surface area contributed by atoms with Crippen LogP contribution in [0.2, 0.25) is 0 Å². The van der Waals surface area contributed by atoms with Gasteiger partial charge < -0.3 is 4.90 Å². The Kier molecular flexibility index (Phi) is 8.41. The molecule has 1 heterocycles. The van der Waals surface area contributed by atoms with Gasteiger partial charge in [-0.05, 0) is 56.5 Å². The molecule has 0 N–H and O–H groups in total. The van der Waals surface area contributed by atoms with E-state index in [-0.39, 0.29) is 0 Å². The van der Waals surface area contributed by atoms with Crippen LogP contribution in [0.4, 0.5) is 0 Å². The average molecular weight is 272 g/mol. The van der Waals surface area contributed by atoms with Crippen molar-refractivity contribution in [3.8, 4) is 0 Å². The molecule has 18 heavy (non-hydrogen) atoms. The molecule has 1 rings (SSSR count). The smallest absolute Gasteiger partial charge is 0.00136 e. The Hall–Kier alpha value is 0.310. The van der Waals surface area contributed by atoms with Gasteiger partial charge in [-0.25, -0.2) is 0 Å². The highest BCUT2D eigenvalue weighted by atomic mass is 32.1. The van der Waals surface area contributed by atoms with Gasteiger partial charge in [0.1, 0.15) is 0 Å². The third-order valence-corrected chi connectivity index (χ3v) is 4.66. The zero-order chi connectivity index (χ0) is 13.3. The first-order valence-corrected chi connectivity index (χ1v) is 8.60. The molecule has 0 spiro atoms. The maximum atomic E-state index is 4.24. The summed E-state index contributed by atoms with van der Waals surface area (Å²) in [7, 11) is 0. The Morgan fingerprint density at radius 3 is 1.89 bits per heavy atom. The quantitative estimate of drug-likeness (QED) is 0.467. The summed E-state index contributed by atoms with van der Waals surface area (Å²) < 4.78 is 0. The lowest BCUT2D eigenvalue weighted by molar-refractivity contribution is 0.131. The van der Waals surface area contributed by atoms with Crippen molar-refractivity contribution in [1.82, 2.24) is 4.90 Å². The number of hydrogen-bond acceptors (Lipinski definition) is 2. The first kappa shape index (κ1) is 16.4. The maximum absolute atomic E-state index is 4.24. The molecular formula is C16H33NS. The van der Waals surface area contributed by atoms with Gasteiger partial charge in [0.2, 0.25) is 0 Å². The van der Waals surface area contributed by atoms with Gasteiger partial charge in [0.25, 0.3) is 0 Å². The Morgan fingerprint density at radius 2 is 1.33 bits per heavy atom. The van der Waals surface area contributed by atoms with E-state index < -0.39 is 0 Å². The summed E-state index contributed by atoms with van der Waals surface area (Å²) in [6, 6.07) is 0. The van der Waals surface area contributed by atoms with Crippen LogP contribution in [-0.4, -0.2) is 30.3 Å². The van der Waals surface area contributed by atoms with Gasteiger partial charge in [-0.1, -0.05) is 46.0 Å². The monoisotopic (exact) mass is 271 g/mol. The molecule has 1 saturated heterocycles. The summed E-state index contributed by atoms with van der Waals surface area (Å²) in [5.74, 6) is 1.06. The lowest BCUT2D eigenvalue weighted by Gasteiger charge is -2.36. The Labute approximate surface area is 120 Å². The molecule has 0 aromatic heterocycles. The highest BCUT2D eigenvalue weighted by Gasteiger charge is 2.24. The van der Waals surface area contributed by atoms with Crippen molar-refractivity contribution in [2.75, 3.05) is 25.4 Å². The summed E-state index contributed by atoms with van der Waals surface area (Å²) in [6.07, 6.45) is 12.6. The molecule has 0 saturated carbocycles. The third-order valence-electron chi connectivity index (χ3n) is 4.34. The number of thiol groups is 1. The van der Waals surface area contributed by atoms with Gasteiger partial charge in [-0.3, -0.25) is 0 Å². The SMILES string of the molecule is CC1(C)CCN(CCCCCCCCCS)CC1. The van der Waals surface area contributed by atoms with Crippen molar-refractivity contribution in [2.24, 2.45) is 5.41 Å². The van der Waals surface area contributed by atoms with Crippen molar-refractivity contribution in [3.63, 3.8) is 0 Å². The largest absolute Gasteiger partial charge is 0.303 e. The van der Waals surface area contributed by atoms with Crippen LogP contribution in [0.25, 0.3) is 0 Å². The highest BCUT2D eigenvalue weighted by molar-refractivity contribution is 7.80. The van der Waals surface area contributed by atoms with E-state index in [4.69, 9.17) is 0 Å². The molecule has 0 aliphatic carbocycles. The third kappa shape index (κ3) is 7.68. The Balaban J connectivity index is 1.87. The second-order valence-electron chi connectivity index (χ2n) is 6.70. The number of likely N-dealkylation sites (tertiary alicyclic amines) is 1. The fourth-order valence-corrected chi connectivity index (χ4v) is 2.94. The molecule has 0 radical (unpaired) electrons. The molecule has 1 aliphatic heterocycles. The molecule has 2 heteroatoms. The highest BCUT2D eigenvalue weighted by Crippen LogP contribution is 2.29. The molecule has 0 bridgehead atoms. The molecular weight excluding hydrogens is 238 g/mol. The van der Waals surface area contributed by atoms with Gasteiger partial charge in [0.05, 0.1) is 0 Å². The minimum atomic E-state index is 0.601. The number of nitrogens with zero attached hydrogens (tertiary/aromatic N) is 1. The van der Waals surface area contributed by atoms with Gasteiger partial charge in [-0.15, -0.1) is 0 Å². The molecule has 0 atom stereocenters. The van der Waals surface area contributed by atoms with Gasteiger partial charge >= 0.3 is 0 Å². The number of unbranched alkanes of at least 4 members (excludes halogenated alkanes) is 6. The first-order valence-electron chi connectivity index (χ1n) is 7.97. The van der Waals surface area contributed by atoms with Crippen LogP contribution in [0.3, 0.4) is 0 Å². The van der Waals surface area contributed by atoms with E-state index in [2.05, 4.69) is 31.4 Å². The molecule has 108 valence electrons. The van der Waals surface area contributed by atoms with E-state index in [0.717, 1.165) is 5.75 Å². The summed E-state index contributed by atoms with van der Waals surface area (Å²) in [6.45, 7) is 8.82. The predicted molar refractivity (Wildman–Crippen MR) is 85.6 cm³/mol. The van der Waals surface area contributed by atoms with Crippen molar-refractivity contribution >= 4 is 12.6 Å². The average Bonchev–Trinajstić information content (AvgIpc) is 2.34. The number of rotatable bonds is 9. The second-order valence-corrected chi connectivity index (χ2v) is 7.15. The minimum Gasteiger partial charge on any atom is -0.303 e. The van der Waals surface area contributed by atoms with Gasteiger partial charge in [0, 0.05) is 0 Å². The van der Waals surface area contributed by atoms with Crippen LogP contribution in [0.15, 0.2) is 0 Å². The van der Waals surface area contributed by atoms with Crippen molar-refractivity contribution in [3.05, 3.63) is 0 Å². The fraction of sp³-hybridized carbons (Fsp3) is 1.00. The normalized spacial score (nSPS) is 20.2.